The van der Waals surface area contributed by atoms with Crippen LogP contribution in [0, 0.1) is 0 Å². The molecule has 0 N–H and O–H groups in total. The van der Waals surface area contributed by atoms with Crippen LogP contribution in [-0.4, -0.2) is 0 Å². The normalized spacial score (nSPS) is 15.5. The van der Waals surface area contributed by atoms with Crippen molar-refractivity contribution in [1.29, 1.82) is 0 Å². The van der Waals surface area contributed by atoms with E-state index in [0.29, 0.717) is 27.7 Å². The first-order valence-electron chi connectivity index (χ1n) is 9.07. The van der Waals surface area contributed by atoms with E-state index in [9.17, 15) is 4.79 Å². The van der Waals surface area contributed by atoms with Crippen LogP contribution in [-0.2, 0) is 0 Å². The Morgan fingerprint density at radius 3 is 2.52 bits per heavy atom. The average Bonchev–Trinajstić information content (AvgIpc) is 2.74. The number of hydrogen-bond donors (Lipinski definition) is 0. The van der Waals surface area contributed by atoms with Crippen LogP contribution in [0.25, 0.3) is 16.7 Å². The molecule has 29 heavy (non-hydrogen) atoms. The van der Waals surface area contributed by atoms with Gasteiger partial charge < -0.3 is 9.15 Å². The number of benzene rings is 3. The van der Waals surface area contributed by atoms with Gasteiger partial charge in [0.25, 0.3) is 0 Å². The smallest absolute Gasteiger partial charge is 0.344 e. The van der Waals surface area contributed by atoms with Crippen LogP contribution in [0.3, 0.4) is 0 Å². The fourth-order valence-corrected chi connectivity index (χ4v) is 4.15. The van der Waals surface area contributed by atoms with Gasteiger partial charge >= 0.3 is 5.63 Å². The molecule has 3 nitrogen and oxygen atoms in total. The monoisotopic (exact) mass is 464 g/mol. The lowest BCUT2D eigenvalue weighted by Gasteiger charge is -2.25. The maximum Gasteiger partial charge on any atom is 0.344 e. The molecule has 0 amide bonds. The van der Waals surface area contributed by atoms with Gasteiger partial charge in [-0.05, 0) is 48.0 Å². The number of allylic oxidation sites excluding steroid dienone is 1. The van der Waals surface area contributed by atoms with Gasteiger partial charge in [0.15, 0.2) is 0 Å². The van der Waals surface area contributed by atoms with Crippen LogP contribution < -0.4 is 10.4 Å². The van der Waals surface area contributed by atoms with Crippen LogP contribution >= 0.6 is 27.5 Å². The SMILES string of the molecule is O=c1oc2ccccc2c2c1C(c1ccc(Cl)cc1)C=C(c1cccc(Br)c1)O2. The van der Waals surface area contributed by atoms with E-state index < -0.39 is 5.63 Å². The molecular weight excluding hydrogens is 452 g/mol. The van der Waals surface area contributed by atoms with E-state index in [1.807, 2.05) is 72.8 Å². The third-order valence-electron chi connectivity index (χ3n) is 4.98. The fourth-order valence-electron chi connectivity index (χ4n) is 3.62. The highest BCUT2D eigenvalue weighted by molar-refractivity contribution is 9.10. The first-order chi connectivity index (χ1) is 14.1. The van der Waals surface area contributed by atoms with E-state index in [-0.39, 0.29) is 5.92 Å². The number of fused-ring (bicyclic) bond motifs is 3. The summed E-state index contributed by atoms with van der Waals surface area (Å²) in [5.74, 6) is 0.912. The molecule has 142 valence electrons. The van der Waals surface area contributed by atoms with Crippen molar-refractivity contribution in [3.8, 4) is 5.75 Å². The third kappa shape index (κ3) is 3.28. The first-order valence-corrected chi connectivity index (χ1v) is 10.2. The molecule has 0 fully saturated rings. The van der Waals surface area contributed by atoms with Crippen molar-refractivity contribution in [2.45, 2.75) is 5.92 Å². The molecular formula is C24H14BrClO3. The van der Waals surface area contributed by atoms with Crippen molar-refractivity contribution < 1.29 is 9.15 Å². The standard InChI is InChI=1S/C24H14BrClO3/c25-16-5-3-4-15(12-16)21-13-19(14-8-10-17(26)11-9-14)22-23(28-21)18-6-1-2-7-20(18)29-24(22)27/h1-13,19H. The molecule has 1 atom stereocenters. The molecule has 1 aliphatic heterocycles. The molecule has 3 aromatic carbocycles. The van der Waals surface area contributed by atoms with Gasteiger partial charge in [-0.15, -0.1) is 0 Å². The summed E-state index contributed by atoms with van der Waals surface area (Å²) >= 11 is 9.59. The molecule has 5 rings (SSSR count). The van der Waals surface area contributed by atoms with Crippen molar-refractivity contribution in [1.82, 2.24) is 0 Å². The molecule has 0 radical (unpaired) electrons. The summed E-state index contributed by atoms with van der Waals surface area (Å²) in [4.78, 5) is 12.9. The van der Waals surface area contributed by atoms with Crippen molar-refractivity contribution in [2.75, 3.05) is 0 Å². The topological polar surface area (TPSA) is 39.4 Å². The highest BCUT2D eigenvalue weighted by Gasteiger charge is 2.30. The van der Waals surface area contributed by atoms with Gasteiger partial charge in [0.2, 0.25) is 0 Å². The minimum Gasteiger partial charge on any atom is -0.456 e. The lowest BCUT2D eigenvalue weighted by atomic mass is 9.88. The highest BCUT2D eigenvalue weighted by atomic mass is 79.9. The van der Waals surface area contributed by atoms with E-state index in [2.05, 4.69) is 15.9 Å². The predicted molar refractivity (Wildman–Crippen MR) is 119 cm³/mol. The largest absolute Gasteiger partial charge is 0.456 e. The van der Waals surface area contributed by atoms with Gasteiger partial charge in [-0.3, -0.25) is 0 Å². The summed E-state index contributed by atoms with van der Waals surface area (Å²) in [5, 5.41) is 1.41. The Hall–Kier alpha value is -2.82. The van der Waals surface area contributed by atoms with Gasteiger partial charge in [-0.25, -0.2) is 4.79 Å². The molecule has 5 heteroatoms. The summed E-state index contributed by atoms with van der Waals surface area (Å²) in [7, 11) is 0. The zero-order valence-electron chi connectivity index (χ0n) is 15.1. The van der Waals surface area contributed by atoms with Crippen molar-refractivity contribution in [2.24, 2.45) is 0 Å². The summed E-state index contributed by atoms with van der Waals surface area (Å²) < 4.78 is 12.8. The van der Waals surface area contributed by atoms with Crippen molar-refractivity contribution in [3.63, 3.8) is 0 Å². The van der Waals surface area contributed by atoms with Crippen LogP contribution in [0.2, 0.25) is 5.02 Å². The molecule has 0 saturated heterocycles. The van der Waals surface area contributed by atoms with Gasteiger partial charge in [-0.2, -0.15) is 0 Å². The summed E-state index contributed by atoms with van der Waals surface area (Å²) in [6.07, 6.45) is 1.96. The van der Waals surface area contributed by atoms with Gasteiger partial charge in [0.1, 0.15) is 17.1 Å². The minimum atomic E-state index is -0.400. The van der Waals surface area contributed by atoms with Crippen molar-refractivity contribution >= 4 is 44.3 Å². The molecule has 0 saturated carbocycles. The Bertz CT molecular complexity index is 1320. The molecule has 4 aromatic rings. The zero-order chi connectivity index (χ0) is 20.0. The Morgan fingerprint density at radius 2 is 1.72 bits per heavy atom. The first kappa shape index (κ1) is 18.2. The Labute approximate surface area is 180 Å². The molecule has 1 unspecified atom stereocenters. The zero-order valence-corrected chi connectivity index (χ0v) is 17.4. The average molecular weight is 466 g/mol. The summed E-state index contributed by atoms with van der Waals surface area (Å²) in [5.41, 5.74) is 2.45. The number of halogens is 2. The maximum absolute atomic E-state index is 12.9. The van der Waals surface area contributed by atoms with Crippen LogP contribution in [0.4, 0.5) is 0 Å². The molecule has 1 aliphatic rings. The Balaban J connectivity index is 1.79. The van der Waals surface area contributed by atoms with Crippen LogP contribution in [0.15, 0.2) is 92.6 Å². The minimum absolute atomic E-state index is 0.314. The highest BCUT2D eigenvalue weighted by Crippen LogP contribution is 2.43. The van der Waals surface area contributed by atoms with Crippen LogP contribution in [0.1, 0.15) is 22.6 Å². The second-order valence-electron chi connectivity index (χ2n) is 6.80. The number of ether oxygens (including phenoxy) is 1. The second-order valence-corrected chi connectivity index (χ2v) is 8.15. The Morgan fingerprint density at radius 1 is 0.931 bits per heavy atom. The summed E-state index contributed by atoms with van der Waals surface area (Å²) in [6.45, 7) is 0. The molecule has 2 heterocycles. The number of para-hydroxylation sites is 1. The van der Waals surface area contributed by atoms with Gasteiger partial charge in [-0.1, -0.05) is 63.9 Å². The molecule has 1 aromatic heterocycles. The molecule has 0 aliphatic carbocycles. The summed E-state index contributed by atoms with van der Waals surface area (Å²) in [6, 6.07) is 22.8. The van der Waals surface area contributed by atoms with E-state index >= 15 is 0 Å². The third-order valence-corrected chi connectivity index (χ3v) is 5.72. The van der Waals surface area contributed by atoms with E-state index in [1.165, 1.54) is 0 Å². The van der Waals surface area contributed by atoms with Crippen LogP contribution in [0.5, 0.6) is 5.75 Å². The quantitative estimate of drug-likeness (QED) is 0.307. The molecule has 0 bridgehead atoms. The maximum atomic E-state index is 12.9. The lowest BCUT2D eigenvalue weighted by Crippen LogP contribution is -2.19. The van der Waals surface area contributed by atoms with Gasteiger partial charge in [0, 0.05) is 21.0 Å². The number of hydrogen-bond acceptors (Lipinski definition) is 3. The molecule has 0 spiro atoms. The Kier molecular flexibility index (Phi) is 4.53. The number of rotatable bonds is 2. The van der Waals surface area contributed by atoms with E-state index in [4.69, 9.17) is 20.8 Å². The second kappa shape index (κ2) is 7.21. The van der Waals surface area contributed by atoms with E-state index in [1.54, 1.807) is 6.07 Å². The lowest BCUT2D eigenvalue weighted by molar-refractivity contribution is 0.472. The van der Waals surface area contributed by atoms with Gasteiger partial charge in [0.05, 0.1) is 10.9 Å². The van der Waals surface area contributed by atoms with Crippen molar-refractivity contribution in [3.05, 3.63) is 115 Å². The fraction of sp³-hybridized carbons (Fsp3) is 0.0417. The van der Waals surface area contributed by atoms with E-state index in [0.717, 1.165) is 21.0 Å². The predicted octanol–water partition coefficient (Wildman–Crippen LogP) is 6.77.